The number of hydrogen-bond acceptors (Lipinski definition) is 5. The number of aromatic nitrogens is 1. The summed E-state index contributed by atoms with van der Waals surface area (Å²) in [6.07, 6.45) is 0. The van der Waals surface area contributed by atoms with Gasteiger partial charge in [-0.2, -0.15) is 0 Å². The van der Waals surface area contributed by atoms with Gasteiger partial charge in [-0.05, 0) is 6.92 Å². The summed E-state index contributed by atoms with van der Waals surface area (Å²) in [5.41, 5.74) is 0.698. The van der Waals surface area contributed by atoms with Crippen molar-refractivity contribution in [1.82, 2.24) is 9.47 Å². The zero-order valence-corrected chi connectivity index (χ0v) is 11.2. The monoisotopic (exact) mass is 286 g/mol. The second-order valence-electron chi connectivity index (χ2n) is 4.25. The number of carboxylic acid groups (broad SMARTS) is 1. The average molecular weight is 286 g/mol. The van der Waals surface area contributed by atoms with E-state index in [-0.39, 0.29) is 30.5 Å². The number of aliphatic carboxylic acids is 1. The number of rotatable bonds is 3. The number of amides is 1. The van der Waals surface area contributed by atoms with Crippen LogP contribution in [0.5, 0.6) is 0 Å². The van der Waals surface area contributed by atoms with Gasteiger partial charge in [0, 0.05) is 17.6 Å². The Bertz CT molecular complexity index is 550. The van der Waals surface area contributed by atoms with E-state index in [0.29, 0.717) is 12.3 Å². The van der Waals surface area contributed by atoms with E-state index in [0.717, 1.165) is 11.3 Å². The summed E-state index contributed by atoms with van der Waals surface area (Å²) in [5.74, 6) is -1.47. The lowest BCUT2D eigenvalue weighted by atomic mass is 10.2. The van der Waals surface area contributed by atoms with Crippen molar-refractivity contribution in [3.63, 3.8) is 0 Å². The molecular formula is C11H14N2O5S. The molecule has 1 aliphatic rings. The third-order valence-electron chi connectivity index (χ3n) is 3.00. The molecule has 1 aliphatic heterocycles. The third-order valence-corrected chi connectivity index (χ3v) is 3.88. The topological polar surface area (TPSA) is 88.8 Å². The zero-order chi connectivity index (χ0) is 14.0. The quantitative estimate of drug-likeness (QED) is 0.811. The third kappa shape index (κ3) is 2.85. The van der Waals surface area contributed by atoms with Crippen molar-refractivity contribution in [3.8, 4) is 0 Å². The summed E-state index contributed by atoms with van der Waals surface area (Å²) in [5, 5.41) is 10.7. The molecule has 1 aromatic heterocycles. The van der Waals surface area contributed by atoms with Crippen LogP contribution in [0.1, 0.15) is 5.69 Å². The van der Waals surface area contributed by atoms with Gasteiger partial charge in [-0.15, -0.1) is 0 Å². The fraction of sp³-hybridized carbons (Fsp3) is 0.545. The SMILES string of the molecule is Cc1csc(=O)n1CC(=O)N1CCOCC1C(=O)O. The number of nitrogens with zero attached hydrogens (tertiary/aromatic N) is 2. The number of carbonyl (C=O) groups is 2. The number of hydrogen-bond donors (Lipinski definition) is 1. The minimum Gasteiger partial charge on any atom is -0.480 e. The second-order valence-corrected chi connectivity index (χ2v) is 5.07. The smallest absolute Gasteiger partial charge is 0.328 e. The molecule has 104 valence electrons. The first-order chi connectivity index (χ1) is 9.00. The average Bonchev–Trinajstić information content (AvgIpc) is 2.70. The lowest BCUT2D eigenvalue weighted by Crippen LogP contribution is -2.53. The normalized spacial score (nSPS) is 19.4. The minimum atomic E-state index is -1.09. The van der Waals surface area contributed by atoms with Crippen molar-refractivity contribution in [2.75, 3.05) is 19.8 Å². The van der Waals surface area contributed by atoms with E-state index in [4.69, 9.17) is 9.84 Å². The van der Waals surface area contributed by atoms with Gasteiger partial charge >= 0.3 is 10.8 Å². The van der Waals surface area contributed by atoms with Crippen molar-refractivity contribution in [2.45, 2.75) is 19.5 Å². The summed E-state index contributed by atoms with van der Waals surface area (Å²) in [7, 11) is 0. The first kappa shape index (κ1) is 13.8. The van der Waals surface area contributed by atoms with E-state index < -0.39 is 12.0 Å². The molecule has 0 radical (unpaired) electrons. The molecule has 0 saturated carbocycles. The summed E-state index contributed by atoms with van der Waals surface area (Å²) < 4.78 is 6.41. The van der Waals surface area contributed by atoms with Gasteiger partial charge in [0.25, 0.3) is 0 Å². The molecule has 1 atom stereocenters. The molecule has 0 spiro atoms. The predicted molar refractivity (Wildman–Crippen MR) is 67.3 cm³/mol. The standard InChI is InChI=1S/C11H14N2O5S/c1-7-6-19-11(17)13(7)4-9(14)12-2-3-18-5-8(12)10(15)16/h6,8H,2-5H2,1H3,(H,15,16). The first-order valence-corrected chi connectivity index (χ1v) is 6.63. The lowest BCUT2D eigenvalue weighted by molar-refractivity contribution is -0.158. The maximum Gasteiger partial charge on any atom is 0.328 e. The molecule has 1 saturated heterocycles. The molecule has 1 aromatic rings. The summed E-state index contributed by atoms with van der Waals surface area (Å²) in [6.45, 7) is 2.14. The lowest BCUT2D eigenvalue weighted by Gasteiger charge is -2.32. The van der Waals surface area contributed by atoms with E-state index in [1.54, 1.807) is 12.3 Å². The van der Waals surface area contributed by atoms with Crippen LogP contribution in [0.15, 0.2) is 10.2 Å². The van der Waals surface area contributed by atoms with Crippen molar-refractivity contribution < 1.29 is 19.4 Å². The summed E-state index contributed by atoms with van der Waals surface area (Å²) in [6, 6.07) is -0.976. The molecule has 8 heteroatoms. The molecule has 1 fully saturated rings. The van der Waals surface area contributed by atoms with Gasteiger partial charge in [0.2, 0.25) is 5.91 Å². The molecule has 2 rings (SSSR count). The first-order valence-electron chi connectivity index (χ1n) is 5.75. The van der Waals surface area contributed by atoms with Crippen LogP contribution in [0.25, 0.3) is 0 Å². The number of carbonyl (C=O) groups excluding carboxylic acids is 1. The Morgan fingerprint density at radius 2 is 2.32 bits per heavy atom. The summed E-state index contributed by atoms with van der Waals surface area (Å²) in [4.78, 5) is 35.8. The van der Waals surface area contributed by atoms with Crippen LogP contribution in [-0.2, 0) is 20.9 Å². The van der Waals surface area contributed by atoms with Gasteiger partial charge in [-0.3, -0.25) is 14.2 Å². The van der Waals surface area contributed by atoms with Crippen LogP contribution >= 0.6 is 11.3 Å². The van der Waals surface area contributed by atoms with Crippen LogP contribution in [0.3, 0.4) is 0 Å². The molecule has 0 bridgehead atoms. The van der Waals surface area contributed by atoms with Crippen LogP contribution in [0.2, 0.25) is 0 Å². The Morgan fingerprint density at radius 1 is 1.58 bits per heavy atom. The van der Waals surface area contributed by atoms with Crippen LogP contribution < -0.4 is 4.87 Å². The molecule has 0 aromatic carbocycles. The largest absolute Gasteiger partial charge is 0.480 e. The molecule has 19 heavy (non-hydrogen) atoms. The van der Waals surface area contributed by atoms with Gasteiger partial charge < -0.3 is 14.7 Å². The number of morpholine rings is 1. The molecule has 2 heterocycles. The second kappa shape index (κ2) is 5.54. The summed E-state index contributed by atoms with van der Waals surface area (Å²) >= 11 is 1.02. The van der Waals surface area contributed by atoms with Crippen LogP contribution in [0, 0.1) is 6.92 Å². The number of carboxylic acids is 1. The Kier molecular flexibility index (Phi) is 4.01. The molecular weight excluding hydrogens is 272 g/mol. The highest BCUT2D eigenvalue weighted by Gasteiger charge is 2.32. The van der Waals surface area contributed by atoms with Crippen molar-refractivity contribution in [3.05, 3.63) is 20.7 Å². The van der Waals surface area contributed by atoms with Crippen molar-refractivity contribution in [1.29, 1.82) is 0 Å². The predicted octanol–water partition coefficient (Wildman–Crippen LogP) is -0.470. The van der Waals surface area contributed by atoms with Crippen molar-refractivity contribution in [2.24, 2.45) is 0 Å². The maximum absolute atomic E-state index is 12.1. The Hall–Kier alpha value is -1.67. The molecule has 7 nitrogen and oxygen atoms in total. The Labute approximate surface area is 113 Å². The van der Waals surface area contributed by atoms with Crippen LogP contribution in [-0.4, -0.2) is 52.3 Å². The number of aryl methyl sites for hydroxylation is 1. The van der Waals surface area contributed by atoms with Gasteiger partial charge in [-0.25, -0.2) is 4.79 Å². The highest BCUT2D eigenvalue weighted by molar-refractivity contribution is 7.07. The van der Waals surface area contributed by atoms with E-state index in [9.17, 15) is 14.4 Å². The van der Waals surface area contributed by atoms with Crippen molar-refractivity contribution >= 4 is 23.2 Å². The Morgan fingerprint density at radius 3 is 2.89 bits per heavy atom. The van der Waals surface area contributed by atoms with Gasteiger partial charge in [0.15, 0.2) is 6.04 Å². The minimum absolute atomic E-state index is 0.0153. The molecule has 1 N–H and O–H groups in total. The van der Waals surface area contributed by atoms with Crippen LogP contribution in [0.4, 0.5) is 0 Å². The highest BCUT2D eigenvalue weighted by Crippen LogP contribution is 2.09. The zero-order valence-electron chi connectivity index (χ0n) is 10.4. The van der Waals surface area contributed by atoms with Gasteiger partial charge in [0.05, 0.1) is 13.2 Å². The molecule has 1 unspecified atom stereocenters. The number of thiazole rings is 1. The van der Waals surface area contributed by atoms with E-state index >= 15 is 0 Å². The molecule has 1 amide bonds. The fourth-order valence-electron chi connectivity index (χ4n) is 1.93. The number of ether oxygens (including phenoxy) is 1. The fourth-order valence-corrected chi connectivity index (χ4v) is 2.66. The highest BCUT2D eigenvalue weighted by atomic mass is 32.1. The van der Waals surface area contributed by atoms with E-state index in [1.165, 1.54) is 9.47 Å². The van der Waals surface area contributed by atoms with E-state index in [2.05, 4.69) is 0 Å². The van der Waals surface area contributed by atoms with E-state index in [1.807, 2.05) is 0 Å². The van der Waals surface area contributed by atoms with Gasteiger partial charge in [0.1, 0.15) is 6.54 Å². The maximum atomic E-state index is 12.1. The Balaban J connectivity index is 2.14. The van der Waals surface area contributed by atoms with Gasteiger partial charge in [-0.1, -0.05) is 11.3 Å². The molecule has 0 aliphatic carbocycles.